The summed E-state index contributed by atoms with van der Waals surface area (Å²) in [5.74, 6) is -0.00400. The number of aryl methyl sites for hydroxylation is 1. The van der Waals surface area contributed by atoms with Gasteiger partial charge in [-0.1, -0.05) is 66.6 Å². The first kappa shape index (κ1) is 24.1. The number of thiazole rings is 1. The third-order valence-electron chi connectivity index (χ3n) is 6.22. The van der Waals surface area contributed by atoms with Crippen LogP contribution in [0.15, 0.2) is 22.0 Å². The van der Waals surface area contributed by atoms with Gasteiger partial charge in [0.05, 0.1) is 19.6 Å². The number of carbonyl (C=O) groups excluding carboxylic acids is 1. The lowest BCUT2D eigenvalue weighted by Crippen LogP contribution is -2.37. The molecule has 2 heterocycles. The molecule has 32 heavy (non-hydrogen) atoms. The van der Waals surface area contributed by atoms with Gasteiger partial charge in [0.15, 0.2) is 5.13 Å². The Balaban J connectivity index is 1.73. The molecule has 0 aromatic carbocycles. The van der Waals surface area contributed by atoms with Crippen molar-refractivity contribution in [3.63, 3.8) is 0 Å². The summed E-state index contributed by atoms with van der Waals surface area (Å²) in [6.45, 7) is 1.74. The second-order valence-electron chi connectivity index (χ2n) is 8.60. The van der Waals surface area contributed by atoms with Crippen molar-refractivity contribution in [2.24, 2.45) is 5.92 Å². The number of aromatic nitrogens is 2. The first-order valence-electron chi connectivity index (χ1n) is 10.8. The van der Waals surface area contributed by atoms with Crippen LogP contribution in [0.3, 0.4) is 0 Å². The fourth-order valence-corrected chi connectivity index (χ4v) is 8.62. The highest BCUT2D eigenvalue weighted by Gasteiger charge is 2.37. The number of hydrogen-bond acceptors (Lipinski definition) is 6. The molecule has 0 spiro atoms. The number of anilines is 1. The Labute approximate surface area is 206 Å². The molecule has 4 rings (SSSR count). The molecule has 1 unspecified atom stereocenters. The SMILES string of the molecule is Cc1cc(S(=O)(=S)C2CC2)c(Cl)c(=O)n1[C@H](CC1CCCCC1)C(=O)Nc1ncc(Cl)s1. The number of amides is 1. The van der Waals surface area contributed by atoms with Crippen LogP contribution in [-0.4, -0.2) is 24.9 Å². The summed E-state index contributed by atoms with van der Waals surface area (Å²) in [5, 5.41) is 2.93. The second-order valence-corrected chi connectivity index (χ2v) is 14.3. The lowest BCUT2D eigenvalue weighted by molar-refractivity contribution is -0.120. The number of rotatable bonds is 7. The van der Waals surface area contributed by atoms with Crippen molar-refractivity contribution in [1.29, 1.82) is 0 Å². The van der Waals surface area contributed by atoms with Crippen LogP contribution in [0.2, 0.25) is 9.36 Å². The molecule has 2 saturated carbocycles. The van der Waals surface area contributed by atoms with Gasteiger partial charge in [-0.05, 0) is 49.4 Å². The van der Waals surface area contributed by atoms with Crippen molar-refractivity contribution in [1.82, 2.24) is 9.55 Å². The van der Waals surface area contributed by atoms with Crippen molar-refractivity contribution in [3.8, 4) is 0 Å². The van der Waals surface area contributed by atoms with Gasteiger partial charge in [0.25, 0.3) is 5.56 Å². The maximum Gasteiger partial charge on any atom is 0.271 e. The van der Waals surface area contributed by atoms with E-state index in [-0.39, 0.29) is 21.1 Å². The van der Waals surface area contributed by atoms with Crippen LogP contribution in [0.5, 0.6) is 0 Å². The zero-order chi connectivity index (χ0) is 23.0. The van der Waals surface area contributed by atoms with Crippen LogP contribution in [0.1, 0.15) is 63.1 Å². The largest absolute Gasteiger partial charge is 0.300 e. The van der Waals surface area contributed by atoms with E-state index in [0.29, 0.717) is 27.5 Å². The first-order chi connectivity index (χ1) is 15.2. The van der Waals surface area contributed by atoms with Crippen molar-refractivity contribution in [3.05, 3.63) is 37.7 Å². The highest BCUT2D eigenvalue weighted by atomic mass is 35.5. The lowest BCUT2D eigenvalue weighted by Gasteiger charge is -2.28. The van der Waals surface area contributed by atoms with Gasteiger partial charge in [0.1, 0.15) is 15.4 Å². The average molecular weight is 535 g/mol. The quantitative estimate of drug-likeness (QED) is 0.519. The fourth-order valence-electron chi connectivity index (χ4n) is 4.42. The van der Waals surface area contributed by atoms with Gasteiger partial charge in [-0.3, -0.25) is 18.4 Å². The zero-order valence-corrected chi connectivity index (χ0v) is 21.6. The molecular formula is C21H25Cl2N3O3S3. The lowest BCUT2D eigenvalue weighted by atomic mass is 9.84. The summed E-state index contributed by atoms with van der Waals surface area (Å²) in [5.41, 5.74) is 0.00813. The van der Waals surface area contributed by atoms with E-state index in [1.54, 1.807) is 13.0 Å². The molecule has 2 aromatic heterocycles. The molecule has 2 aliphatic rings. The molecule has 6 nitrogen and oxygen atoms in total. The van der Waals surface area contributed by atoms with E-state index in [4.69, 9.17) is 34.4 Å². The van der Waals surface area contributed by atoms with Gasteiger partial charge in [-0.15, -0.1) is 0 Å². The van der Waals surface area contributed by atoms with E-state index >= 15 is 0 Å². The predicted molar refractivity (Wildman–Crippen MR) is 133 cm³/mol. The number of halogens is 2. The highest BCUT2D eigenvalue weighted by Crippen LogP contribution is 2.37. The Morgan fingerprint density at radius 1 is 1.31 bits per heavy atom. The number of carbonyl (C=O) groups is 1. The van der Waals surface area contributed by atoms with Gasteiger partial charge >= 0.3 is 0 Å². The topological polar surface area (TPSA) is 81.1 Å². The first-order valence-corrected chi connectivity index (χ1v) is 14.9. The van der Waals surface area contributed by atoms with Crippen molar-refractivity contribution >= 4 is 65.3 Å². The standard InChI is InChI=1S/C21H25Cl2N3O3S3/c1-12-9-16(32(29,30)14-7-8-14)18(23)20(28)26(12)15(10-13-5-3-2-4-6-13)19(27)25-21-24-11-17(22)31-21/h9,11,13-15H,2-8,10H2,1H3,(H,24,25,27)/t15-,32?/m1/s1. The number of pyridine rings is 1. The third kappa shape index (κ3) is 5.06. The summed E-state index contributed by atoms with van der Waals surface area (Å²) in [6, 6.07) is 0.876. The van der Waals surface area contributed by atoms with Crippen molar-refractivity contribution in [2.45, 2.75) is 74.5 Å². The molecule has 1 amide bonds. The molecular weight excluding hydrogens is 509 g/mol. The van der Waals surface area contributed by atoms with E-state index in [0.717, 1.165) is 49.9 Å². The predicted octanol–water partition coefficient (Wildman–Crippen LogP) is 5.34. The minimum atomic E-state index is -2.81. The van der Waals surface area contributed by atoms with Gasteiger partial charge in [-0.25, -0.2) is 4.98 Å². The van der Waals surface area contributed by atoms with Crippen LogP contribution in [0.4, 0.5) is 5.13 Å². The molecule has 0 bridgehead atoms. The Kier molecular flexibility index (Phi) is 7.32. The smallest absolute Gasteiger partial charge is 0.271 e. The van der Waals surface area contributed by atoms with E-state index in [1.165, 1.54) is 17.2 Å². The van der Waals surface area contributed by atoms with Gasteiger partial charge in [-0.2, -0.15) is 0 Å². The number of nitrogens with zero attached hydrogens (tertiary/aromatic N) is 2. The van der Waals surface area contributed by atoms with Crippen LogP contribution in [-0.2, 0) is 24.5 Å². The molecule has 0 aliphatic heterocycles. The van der Waals surface area contributed by atoms with Crippen molar-refractivity contribution in [2.75, 3.05) is 5.32 Å². The van der Waals surface area contributed by atoms with E-state index in [9.17, 15) is 13.8 Å². The van der Waals surface area contributed by atoms with Crippen LogP contribution >= 0.6 is 34.5 Å². The maximum absolute atomic E-state index is 13.4. The van der Waals surface area contributed by atoms with E-state index < -0.39 is 20.1 Å². The highest BCUT2D eigenvalue weighted by molar-refractivity contribution is 8.33. The summed E-state index contributed by atoms with van der Waals surface area (Å²) >= 11 is 18.9. The van der Waals surface area contributed by atoms with Gasteiger partial charge in [0, 0.05) is 10.9 Å². The van der Waals surface area contributed by atoms with Crippen LogP contribution in [0.25, 0.3) is 0 Å². The molecule has 2 atom stereocenters. The molecule has 2 fully saturated rings. The molecule has 174 valence electrons. The Morgan fingerprint density at radius 3 is 2.59 bits per heavy atom. The minimum Gasteiger partial charge on any atom is -0.300 e. The molecule has 2 aliphatic carbocycles. The maximum atomic E-state index is 13.4. The molecule has 2 aromatic rings. The van der Waals surface area contributed by atoms with Crippen molar-refractivity contribution < 1.29 is 9.00 Å². The Morgan fingerprint density at radius 2 is 2.00 bits per heavy atom. The summed E-state index contributed by atoms with van der Waals surface area (Å²) < 4.78 is 15.0. The summed E-state index contributed by atoms with van der Waals surface area (Å²) in [4.78, 5) is 31.1. The summed E-state index contributed by atoms with van der Waals surface area (Å²) in [7, 11) is -2.81. The molecule has 11 heteroatoms. The normalized spacial score (nSPS) is 20.0. The fraction of sp³-hybridized carbons (Fsp3) is 0.571. The number of hydrogen-bond donors (Lipinski definition) is 1. The Bertz CT molecular complexity index is 1180. The third-order valence-corrected chi connectivity index (χ3v) is 11.4. The Hall–Kier alpha value is -1.00. The number of nitrogens with one attached hydrogen (secondary N) is 1. The zero-order valence-electron chi connectivity index (χ0n) is 17.6. The molecule has 1 N–H and O–H groups in total. The molecule has 0 radical (unpaired) electrons. The van der Waals surface area contributed by atoms with Gasteiger partial charge < -0.3 is 5.32 Å². The second kappa shape index (κ2) is 9.70. The van der Waals surface area contributed by atoms with Crippen LogP contribution in [0, 0.1) is 12.8 Å². The minimum absolute atomic E-state index is 0.111. The van der Waals surface area contributed by atoms with Crippen LogP contribution < -0.4 is 10.9 Å². The monoisotopic (exact) mass is 533 g/mol. The molecule has 0 saturated heterocycles. The van der Waals surface area contributed by atoms with E-state index in [2.05, 4.69) is 10.3 Å². The summed E-state index contributed by atoms with van der Waals surface area (Å²) in [6.07, 6.45) is 9.03. The van der Waals surface area contributed by atoms with E-state index in [1.807, 2.05) is 0 Å². The average Bonchev–Trinajstić information content (AvgIpc) is 3.54. The van der Waals surface area contributed by atoms with Gasteiger partial charge in [0.2, 0.25) is 5.91 Å².